The summed E-state index contributed by atoms with van der Waals surface area (Å²) in [6, 6.07) is 14.0. The molecule has 0 aliphatic rings. The number of benzene rings is 2. The first-order valence-corrected chi connectivity index (χ1v) is 6.33. The Labute approximate surface area is 122 Å². The van der Waals surface area contributed by atoms with Crippen LogP contribution < -0.4 is 4.74 Å². The van der Waals surface area contributed by atoms with Crippen molar-refractivity contribution in [3.05, 3.63) is 64.7 Å². The van der Waals surface area contributed by atoms with Crippen molar-refractivity contribution < 1.29 is 14.6 Å². The number of carboxylic acids is 1. The maximum atomic E-state index is 11.4. The van der Waals surface area contributed by atoms with Crippen molar-refractivity contribution in [2.75, 3.05) is 7.11 Å². The van der Waals surface area contributed by atoms with Crippen LogP contribution in [0.25, 0.3) is 11.6 Å². The third-order valence-electron chi connectivity index (χ3n) is 2.84. The molecule has 0 radical (unpaired) electrons. The zero-order valence-corrected chi connectivity index (χ0v) is 11.6. The third kappa shape index (κ3) is 3.19. The number of aliphatic carboxylic acids is 1. The molecule has 0 atom stereocenters. The second-order valence-corrected chi connectivity index (χ2v) is 4.52. The van der Waals surface area contributed by atoms with Crippen LogP contribution in [0.3, 0.4) is 0 Å². The van der Waals surface area contributed by atoms with Crippen LogP contribution in [-0.2, 0) is 4.79 Å². The minimum Gasteiger partial charge on any atom is -0.497 e. The summed E-state index contributed by atoms with van der Waals surface area (Å²) < 4.78 is 5.06. The summed E-state index contributed by atoms with van der Waals surface area (Å²) in [5.41, 5.74) is 1.45. The van der Waals surface area contributed by atoms with E-state index in [1.54, 1.807) is 55.7 Å². The van der Waals surface area contributed by atoms with E-state index in [-0.39, 0.29) is 5.57 Å². The predicted molar refractivity (Wildman–Crippen MR) is 80.0 cm³/mol. The summed E-state index contributed by atoms with van der Waals surface area (Å²) in [5, 5.41) is 9.88. The van der Waals surface area contributed by atoms with Gasteiger partial charge in [-0.1, -0.05) is 41.9 Å². The first kappa shape index (κ1) is 14.2. The standard InChI is InChI=1S/C16H13ClO3/c1-20-13-8-6-11(7-9-13)14(16(18)19)10-12-4-2-3-5-15(12)17/h2-10H,1H3,(H,18,19)/b14-10+. The van der Waals surface area contributed by atoms with Crippen molar-refractivity contribution in [2.45, 2.75) is 0 Å². The highest BCUT2D eigenvalue weighted by Crippen LogP contribution is 2.24. The van der Waals surface area contributed by atoms with Crippen molar-refractivity contribution in [3.63, 3.8) is 0 Å². The zero-order chi connectivity index (χ0) is 14.5. The number of hydrogen-bond acceptors (Lipinski definition) is 2. The Morgan fingerprint density at radius 3 is 2.35 bits per heavy atom. The number of hydrogen-bond donors (Lipinski definition) is 1. The van der Waals surface area contributed by atoms with E-state index in [9.17, 15) is 9.90 Å². The molecule has 0 aromatic heterocycles. The minimum atomic E-state index is -1.00. The lowest BCUT2D eigenvalue weighted by molar-refractivity contribution is -0.130. The second kappa shape index (κ2) is 6.26. The SMILES string of the molecule is COc1ccc(/C(=C\c2ccccc2Cl)C(=O)O)cc1. The van der Waals surface area contributed by atoms with Crippen LogP contribution in [0.15, 0.2) is 48.5 Å². The Morgan fingerprint density at radius 2 is 1.80 bits per heavy atom. The zero-order valence-electron chi connectivity index (χ0n) is 10.8. The molecule has 3 nitrogen and oxygen atoms in total. The normalized spacial score (nSPS) is 11.2. The van der Waals surface area contributed by atoms with Gasteiger partial charge in [0.2, 0.25) is 0 Å². The average Bonchev–Trinajstić information content (AvgIpc) is 2.46. The van der Waals surface area contributed by atoms with Crippen molar-refractivity contribution in [2.24, 2.45) is 0 Å². The van der Waals surface area contributed by atoms with Gasteiger partial charge >= 0.3 is 5.97 Å². The van der Waals surface area contributed by atoms with Crippen LogP contribution in [-0.4, -0.2) is 18.2 Å². The molecule has 1 N–H and O–H groups in total. The Hall–Kier alpha value is -2.26. The van der Waals surface area contributed by atoms with E-state index in [4.69, 9.17) is 16.3 Å². The average molecular weight is 289 g/mol. The lowest BCUT2D eigenvalue weighted by atomic mass is 10.0. The summed E-state index contributed by atoms with van der Waals surface area (Å²) in [6.45, 7) is 0. The Balaban J connectivity index is 2.46. The predicted octanol–water partition coefficient (Wildman–Crippen LogP) is 3.97. The van der Waals surface area contributed by atoms with Crippen LogP contribution in [0, 0.1) is 0 Å². The Morgan fingerprint density at radius 1 is 1.15 bits per heavy atom. The first-order chi connectivity index (χ1) is 9.61. The van der Waals surface area contributed by atoms with Crippen molar-refractivity contribution in [1.29, 1.82) is 0 Å². The van der Waals surface area contributed by atoms with Gasteiger partial charge in [-0.25, -0.2) is 4.79 Å². The van der Waals surface area contributed by atoms with Gasteiger partial charge in [-0.3, -0.25) is 0 Å². The number of carbonyl (C=O) groups is 1. The summed E-state index contributed by atoms with van der Waals surface area (Å²) in [7, 11) is 1.56. The van der Waals surface area contributed by atoms with Gasteiger partial charge in [-0.2, -0.15) is 0 Å². The van der Waals surface area contributed by atoms with E-state index in [0.717, 1.165) is 0 Å². The summed E-state index contributed by atoms with van der Waals surface area (Å²) >= 11 is 6.05. The molecule has 0 aliphatic heterocycles. The lowest BCUT2D eigenvalue weighted by Crippen LogP contribution is -1.99. The molecule has 0 bridgehead atoms. The molecule has 102 valence electrons. The van der Waals surface area contributed by atoms with Crippen molar-refractivity contribution in [1.82, 2.24) is 0 Å². The summed E-state index contributed by atoms with van der Waals surface area (Å²) in [5.74, 6) is -0.327. The quantitative estimate of drug-likeness (QED) is 0.684. The van der Waals surface area contributed by atoms with Gasteiger partial charge in [0.1, 0.15) is 5.75 Å². The second-order valence-electron chi connectivity index (χ2n) is 4.11. The van der Waals surface area contributed by atoms with Crippen LogP contribution >= 0.6 is 11.6 Å². The van der Waals surface area contributed by atoms with E-state index >= 15 is 0 Å². The van der Waals surface area contributed by atoms with Crippen molar-refractivity contribution in [3.8, 4) is 5.75 Å². The molecule has 2 aromatic rings. The van der Waals surface area contributed by atoms with Gasteiger partial charge in [0.25, 0.3) is 0 Å². The highest BCUT2D eigenvalue weighted by atomic mass is 35.5. The molecule has 0 unspecified atom stereocenters. The minimum absolute atomic E-state index is 0.181. The van der Waals surface area contributed by atoms with Crippen LogP contribution in [0.2, 0.25) is 5.02 Å². The fourth-order valence-electron chi connectivity index (χ4n) is 1.79. The molecule has 0 aliphatic carbocycles. The largest absolute Gasteiger partial charge is 0.497 e. The number of carboxylic acid groups (broad SMARTS) is 1. The molecule has 0 fully saturated rings. The molecule has 0 heterocycles. The number of methoxy groups -OCH3 is 1. The van der Waals surface area contributed by atoms with Crippen molar-refractivity contribution >= 4 is 29.2 Å². The van der Waals surface area contributed by atoms with Gasteiger partial charge in [0, 0.05) is 5.02 Å². The van der Waals surface area contributed by atoms with E-state index in [2.05, 4.69) is 0 Å². The maximum Gasteiger partial charge on any atom is 0.336 e. The monoisotopic (exact) mass is 288 g/mol. The number of halogens is 1. The molecule has 2 rings (SSSR count). The van der Waals surface area contributed by atoms with Gasteiger partial charge in [-0.15, -0.1) is 0 Å². The Kier molecular flexibility index (Phi) is 4.43. The highest BCUT2D eigenvalue weighted by Gasteiger charge is 2.11. The fraction of sp³-hybridized carbons (Fsp3) is 0.0625. The van der Waals surface area contributed by atoms with Crippen LogP contribution in [0.5, 0.6) is 5.75 Å². The number of rotatable bonds is 4. The van der Waals surface area contributed by atoms with Gasteiger partial charge < -0.3 is 9.84 Å². The summed E-state index contributed by atoms with van der Waals surface area (Å²) in [6.07, 6.45) is 1.56. The molecule has 0 spiro atoms. The topological polar surface area (TPSA) is 46.5 Å². The van der Waals surface area contributed by atoms with Gasteiger partial charge in [0.15, 0.2) is 0 Å². The molecular weight excluding hydrogens is 276 g/mol. The molecule has 2 aromatic carbocycles. The molecule has 0 amide bonds. The van der Waals surface area contributed by atoms with E-state index in [1.165, 1.54) is 0 Å². The Bertz CT molecular complexity index is 645. The molecular formula is C16H13ClO3. The van der Waals surface area contributed by atoms with Gasteiger partial charge in [-0.05, 0) is 35.4 Å². The van der Waals surface area contributed by atoms with Gasteiger partial charge in [0.05, 0.1) is 12.7 Å². The maximum absolute atomic E-state index is 11.4. The molecule has 0 saturated heterocycles. The van der Waals surface area contributed by atoms with E-state index < -0.39 is 5.97 Å². The molecule has 4 heteroatoms. The molecule has 0 saturated carbocycles. The summed E-state index contributed by atoms with van der Waals surface area (Å²) in [4.78, 5) is 11.4. The number of ether oxygens (including phenoxy) is 1. The third-order valence-corrected chi connectivity index (χ3v) is 3.18. The first-order valence-electron chi connectivity index (χ1n) is 5.96. The van der Waals surface area contributed by atoms with E-state index in [1.807, 2.05) is 6.07 Å². The smallest absolute Gasteiger partial charge is 0.336 e. The van der Waals surface area contributed by atoms with Crippen LogP contribution in [0.4, 0.5) is 0 Å². The fourth-order valence-corrected chi connectivity index (χ4v) is 1.98. The van der Waals surface area contributed by atoms with E-state index in [0.29, 0.717) is 21.9 Å². The highest BCUT2D eigenvalue weighted by molar-refractivity contribution is 6.33. The lowest BCUT2D eigenvalue weighted by Gasteiger charge is -2.06. The van der Waals surface area contributed by atoms with Crippen LogP contribution in [0.1, 0.15) is 11.1 Å². The molecule has 20 heavy (non-hydrogen) atoms.